The van der Waals surface area contributed by atoms with Crippen LogP contribution < -0.4 is 4.90 Å². The summed E-state index contributed by atoms with van der Waals surface area (Å²) in [5.41, 5.74) is 3.43. The summed E-state index contributed by atoms with van der Waals surface area (Å²) in [7, 11) is -1.52. The van der Waals surface area contributed by atoms with E-state index in [1.807, 2.05) is 72.8 Å². The molecular formula is C32H25NO2S. The molecule has 0 saturated heterocycles. The molecule has 0 bridgehead atoms. The predicted octanol–water partition coefficient (Wildman–Crippen LogP) is 7.79. The Morgan fingerprint density at radius 2 is 1.28 bits per heavy atom. The van der Waals surface area contributed by atoms with Gasteiger partial charge >= 0.3 is 0 Å². The van der Waals surface area contributed by atoms with E-state index in [4.69, 9.17) is 0 Å². The second-order valence-corrected chi connectivity index (χ2v) is 12.9. The Kier molecular flexibility index (Phi) is 5.27. The average Bonchev–Trinajstić information content (AvgIpc) is 3.33. The molecule has 0 amide bonds. The molecule has 0 unspecified atom stereocenters. The smallest absolute Gasteiger partial charge is 0.198 e. The first-order chi connectivity index (χ1) is 17.5. The van der Waals surface area contributed by atoms with Crippen LogP contribution in [0, 0.1) is 0 Å². The molecule has 4 aromatic carbocycles. The van der Waals surface area contributed by atoms with Gasteiger partial charge in [0.2, 0.25) is 0 Å². The normalized spacial score (nSPS) is 18.2. The molecule has 0 fully saturated rings. The highest BCUT2D eigenvalue weighted by atomic mass is 32.3. The van der Waals surface area contributed by atoms with Crippen molar-refractivity contribution in [1.82, 2.24) is 0 Å². The van der Waals surface area contributed by atoms with Crippen LogP contribution in [0.2, 0.25) is 0 Å². The lowest BCUT2D eigenvalue weighted by Gasteiger charge is -2.39. The third-order valence-corrected chi connectivity index (χ3v) is 9.72. The Morgan fingerprint density at radius 1 is 0.667 bits per heavy atom. The van der Waals surface area contributed by atoms with E-state index in [1.54, 1.807) is 6.07 Å². The molecule has 0 saturated carbocycles. The molecule has 6 rings (SSSR count). The fourth-order valence-electron chi connectivity index (χ4n) is 5.03. The molecular weight excluding hydrogens is 462 g/mol. The predicted molar refractivity (Wildman–Crippen MR) is 151 cm³/mol. The van der Waals surface area contributed by atoms with Gasteiger partial charge < -0.3 is 4.90 Å². The second-order valence-electron chi connectivity index (χ2n) is 9.33. The Morgan fingerprint density at radius 3 is 1.94 bits per heavy atom. The summed E-state index contributed by atoms with van der Waals surface area (Å²) in [6.45, 7) is 0. The van der Waals surface area contributed by atoms with Crippen molar-refractivity contribution in [3.05, 3.63) is 142 Å². The molecule has 1 aliphatic carbocycles. The number of rotatable bonds is 4. The van der Waals surface area contributed by atoms with Crippen molar-refractivity contribution in [1.29, 1.82) is 0 Å². The molecule has 1 heterocycles. The molecule has 0 atom stereocenters. The Bertz CT molecular complexity index is 1590. The summed E-state index contributed by atoms with van der Waals surface area (Å²) >= 11 is 0. The lowest BCUT2D eigenvalue weighted by molar-refractivity contribution is 0.0989. The van der Waals surface area contributed by atoms with Gasteiger partial charge in [-0.15, -0.1) is 0 Å². The second kappa shape index (κ2) is 8.51. The van der Waals surface area contributed by atoms with Crippen molar-refractivity contribution in [2.75, 3.05) is 17.4 Å². The molecule has 0 radical (unpaired) electrons. The highest BCUT2D eigenvalue weighted by Crippen LogP contribution is 2.62. The van der Waals surface area contributed by atoms with E-state index in [2.05, 4.69) is 53.8 Å². The van der Waals surface area contributed by atoms with E-state index >= 15 is 0 Å². The maximum atomic E-state index is 13.5. The first kappa shape index (κ1) is 22.3. The van der Waals surface area contributed by atoms with Crippen molar-refractivity contribution in [3.8, 4) is 0 Å². The van der Waals surface area contributed by atoms with E-state index in [1.165, 1.54) is 0 Å². The molecule has 0 N–H and O–H groups in total. The number of allylic oxidation sites excluding steroid dienone is 4. The minimum absolute atomic E-state index is 0.181. The topological polar surface area (TPSA) is 37.4 Å². The van der Waals surface area contributed by atoms with E-state index in [-0.39, 0.29) is 17.1 Å². The summed E-state index contributed by atoms with van der Waals surface area (Å²) in [6, 6.07) is 32.0. The number of para-hydroxylation sites is 2. The molecule has 4 heteroatoms. The van der Waals surface area contributed by atoms with Crippen molar-refractivity contribution in [2.24, 2.45) is 0 Å². The van der Waals surface area contributed by atoms with Gasteiger partial charge in [-0.25, -0.2) is 0 Å². The largest absolute Gasteiger partial charge is 0.306 e. The zero-order valence-electron chi connectivity index (χ0n) is 20.1. The van der Waals surface area contributed by atoms with Crippen LogP contribution in [-0.2, 0) is 0 Å². The third kappa shape index (κ3) is 3.45. The van der Waals surface area contributed by atoms with Crippen LogP contribution in [0.1, 0.15) is 20.7 Å². The van der Waals surface area contributed by atoms with Gasteiger partial charge in [-0.1, -0.05) is 66.7 Å². The van der Waals surface area contributed by atoms with E-state index < -0.39 is 10.0 Å². The van der Waals surface area contributed by atoms with Crippen LogP contribution in [-0.4, -0.2) is 24.1 Å². The fraction of sp³-hybridized carbons (Fsp3) is 0.0625. The quantitative estimate of drug-likeness (QED) is 0.218. The molecule has 4 aromatic rings. The van der Waals surface area contributed by atoms with Gasteiger partial charge in [0.05, 0.1) is 10.6 Å². The first-order valence-electron chi connectivity index (χ1n) is 11.9. The Hall–Kier alpha value is -4.15. The van der Waals surface area contributed by atoms with Gasteiger partial charge in [0.25, 0.3) is 0 Å². The zero-order chi connectivity index (χ0) is 24.9. The van der Waals surface area contributed by atoms with Crippen LogP contribution in [0.15, 0.2) is 131 Å². The molecule has 176 valence electrons. The molecule has 36 heavy (non-hydrogen) atoms. The summed E-state index contributed by atoms with van der Waals surface area (Å²) in [4.78, 5) is 30.2. The zero-order valence-corrected chi connectivity index (χ0v) is 21.0. The van der Waals surface area contributed by atoms with Gasteiger partial charge in [0.1, 0.15) is 0 Å². The van der Waals surface area contributed by atoms with Crippen LogP contribution >= 0.6 is 10.0 Å². The van der Waals surface area contributed by atoms with E-state index in [0.717, 1.165) is 32.1 Å². The number of benzene rings is 4. The maximum Gasteiger partial charge on any atom is 0.198 e. The Labute approximate surface area is 212 Å². The van der Waals surface area contributed by atoms with Crippen molar-refractivity contribution >= 4 is 43.7 Å². The number of hydrogen-bond acceptors (Lipinski definition) is 3. The van der Waals surface area contributed by atoms with Gasteiger partial charge in [0.15, 0.2) is 11.6 Å². The lowest BCUT2D eigenvalue weighted by atomic mass is 10.0. The third-order valence-electron chi connectivity index (χ3n) is 6.93. The molecule has 2 aliphatic rings. The standard InChI is InChI=1S/C32H25NO2S/c1-36(2)25(18-20-29(36)33(23-12-5-3-6-13-23)24-14-7-4-8-15-24)21-28-31(34)27-19-17-22-11-9-10-16-26(22)30(27)32(28)35/h3-21H,1-2H3/b28-21+. The minimum atomic E-state index is -1.52. The number of Topliss-reactive ketones (excluding diaryl/α,β-unsaturated/α-hetero) is 2. The minimum Gasteiger partial charge on any atom is -0.306 e. The van der Waals surface area contributed by atoms with Crippen LogP contribution in [0.4, 0.5) is 11.4 Å². The summed E-state index contributed by atoms with van der Waals surface area (Å²) in [5.74, 6) is -0.368. The number of ketones is 2. The SMILES string of the molecule is CS1(C)C(/C=C2\C(=O)c3ccc4ccccc4c3C2=O)=CC=C1N(c1ccccc1)c1ccccc1. The first-order valence-corrected chi connectivity index (χ1v) is 14.3. The monoisotopic (exact) mass is 487 g/mol. The number of carbonyl (C=O) groups is 2. The maximum absolute atomic E-state index is 13.5. The number of carbonyl (C=O) groups excluding carboxylic acids is 2. The summed E-state index contributed by atoms with van der Waals surface area (Å²) < 4.78 is 0. The lowest BCUT2D eigenvalue weighted by Crippen LogP contribution is -2.19. The van der Waals surface area contributed by atoms with Gasteiger partial charge in [-0.05, 0) is 76.7 Å². The number of anilines is 2. The van der Waals surface area contributed by atoms with Gasteiger partial charge in [-0.2, -0.15) is 10.0 Å². The number of fused-ring (bicyclic) bond motifs is 3. The van der Waals surface area contributed by atoms with Crippen molar-refractivity contribution in [2.45, 2.75) is 0 Å². The van der Waals surface area contributed by atoms with Gasteiger partial charge in [0, 0.05) is 22.5 Å². The molecule has 1 aliphatic heterocycles. The fourth-order valence-corrected chi connectivity index (χ4v) is 7.17. The van der Waals surface area contributed by atoms with Crippen LogP contribution in [0.25, 0.3) is 10.8 Å². The summed E-state index contributed by atoms with van der Waals surface area (Å²) in [6.07, 6.45) is 10.5. The molecule has 0 aromatic heterocycles. The number of nitrogens with zero attached hydrogens (tertiary/aromatic N) is 1. The average molecular weight is 488 g/mol. The summed E-state index contributed by atoms with van der Waals surface area (Å²) in [5, 5.41) is 2.96. The van der Waals surface area contributed by atoms with E-state index in [9.17, 15) is 9.59 Å². The van der Waals surface area contributed by atoms with Gasteiger partial charge in [-0.3, -0.25) is 9.59 Å². The number of hydrogen-bond donors (Lipinski definition) is 0. The highest BCUT2D eigenvalue weighted by molar-refractivity contribution is 8.39. The highest BCUT2D eigenvalue weighted by Gasteiger charge is 2.37. The Balaban J connectivity index is 1.40. The van der Waals surface area contributed by atoms with Crippen molar-refractivity contribution in [3.63, 3.8) is 0 Å². The van der Waals surface area contributed by atoms with Crippen LogP contribution in [0.5, 0.6) is 0 Å². The van der Waals surface area contributed by atoms with E-state index in [0.29, 0.717) is 11.1 Å². The van der Waals surface area contributed by atoms with Crippen LogP contribution in [0.3, 0.4) is 0 Å². The molecule has 3 nitrogen and oxygen atoms in total. The molecule has 0 spiro atoms. The van der Waals surface area contributed by atoms with Crippen molar-refractivity contribution < 1.29 is 9.59 Å².